The molecule has 2 aliphatic heterocycles. The minimum atomic E-state index is -4.81. The average Bonchev–Trinajstić information content (AvgIpc) is 3.25. The lowest BCUT2D eigenvalue weighted by Crippen LogP contribution is -2.58. The first-order valence-electron chi connectivity index (χ1n) is 14.7. The van der Waals surface area contributed by atoms with Gasteiger partial charge in [-0.1, -0.05) is 24.3 Å². The Hall–Kier alpha value is -3.65. The van der Waals surface area contributed by atoms with Gasteiger partial charge in [-0.05, 0) is 56.4 Å². The summed E-state index contributed by atoms with van der Waals surface area (Å²) in [7, 11) is 0. The summed E-state index contributed by atoms with van der Waals surface area (Å²) in [6, 6.07) is 2.90. The maximum Gasteiger partial charge on any atom is 0.417 e. The van der Waals surface area contributed by atoms with Crippen LogP contribution in [0.25, 0.3) is 32.2 Å². The number of piperazine rings is 1. The number of nitrogens with two attached hydrogens (primary N) is 1. The van der Waals surface area contributed by atoms with Gasteiger partial charge in [-0.3, -0.25) is 9.36 Å². The number of alkyl halides is 3. The molecule has 2 fully saturated rings. The van der Waals surface area contributed by atoms with Crippen molar-refractivity contribution in [3.63, 3.8) is 0 Å². The number of anilines is 2. The van der Waals surface area contributed by atoms with Gasteiger partial charge in [-0.25, -0.2) is 14.2 Å². The predicted molar refractivity (Wildman–Crippen MR) is 169 cm³/mol. The molecule has 1 saturated heterocycles. The summed E-state index contributed by atoms with van der Waals surface area (Å²) in [4.78, 5) is 39.0. The number of carbonyl (C=O) groups is 1. The molecule has 1 aliphatic carbocycles. The van der Waals surface area contributed by atoms with Crippen LogP contribution in [0, 0.1) is 11.2 Å². The molecule has 4 heterocycles. The molecule has 14 heteroatoms. The number of nitrogen functional groups attached to an aromatic ring is 1. The number of hydrogen-bond acceptors (Lipinski definition) is 8. The number of rotatable bonds is 3. The van der Waals surface area contributed by atoms with E-state index in [1.807, 2.05) is 13.8 Å². The topological polar surface area (TPSA) is 97.4 Å². The van der Waals surface area contributed by atoms with E-state index in [9.17, 15) is 14.0 Å². The van der Waals surface area contributed by atoms with Crippen LogP contribution in [-0.4, -0.2) is 56.3 Å². The first kappa shape index (κ1) is 30.0. The van der Waals surface area contributed by atoms with Gasteiger partial charge < -0.3 is 15.5 Å². The fourth-order valence-corrected chi connectivity index (χ4v) is 9.54. The lowest BCUT2D eigenvalue weighted by atomic mass is 9.70. The smallest absolute Gasteiger partial charge is 0.375 e. The van der Waals surface area contributed by atoms with Crippen molar-refractivity contribution in [2.75, 3.05) is 29.5 Å². The van der Waals surface area contributed by atoms with E-state index in [1.54, 1.807) is 9.80 Å². The highest BCUT2D eigenvalue weighted by Crippen LogP contribution is 2.54. The molecular weight excluding hydrogens is 629 g/mol. The van der Waals surface area contributed by atoms with Gasteiger partial charge in [-0.15, -0.1) is 11.8 Å². The Bertz CT molecular complexity index is 1960. The maximum atomic E-state index is 15.2. The van der Waals surface area contributed by atoms with Gasteiger partial charge in [0.05, 0.1) is 21.3 Å². The van der Waals surface area contributed by atoms with E-state index in [0.29, 0.717) is 22.7 Å². The molecule has 2 aromatic heterocycles. The standard InChI is InChI=1S/C31H30F4N6O2S2/c1-4-21(42)41-15(2)11-39(12-16(41)3)27-18-10-19(31(33,34)35)22(17-6-7-20(32)25-23(17)37-28(36)45-25)26-24(18)40(29(43)38-27)13-30(14-44-26)8-5-9-30/h4,6-7,10,15-16H,1,5,8-9,11-14H2,2-3H3,(H2,36,37)/t15-,16+. The Morgan fingerprint density at radius 1 is 1.18 bits per heavy atom. The minimum absolute atomic E-state index is 0.0401. The minimum Gasteiger partial charge on any atom is -0.375 e. The fraction of sp³-hybridized carbons (Fsp3) is 0.419. The van der Waals surface area contributed by atoms with Crippen molar-refractivity contribution < 1.29 is 22.4 Å². The molecule has 2 N–H and O–H groups in total. The molecular formula is C31H30F4N6O2S2. The van der Waals surface area contributed by atoms with Gasteiger partial charge in [0.2, 0.25) is 5.91 Å². The van der Waals surface area contributed by atoms with Crippen LogP contribution in [0.3, 0.4) is 0 Å². The number of thiazole rings is 1. The summed E-state index contributed by atoms with van der Waals surface area (Å²) in [5.74, 6) is -0.186. The molecule has 45 heavy (non-hydrogen) atoms. The highest BCUT2D eigenvalue weighted by Gasteiger charge is 2.44. The van der Waals surface area contributed by atoms with E-state index in [2.05, 4.69) is 16.5 Å². The van der Waals surface area contributed by atoms with E-state index in [1.165, 1.54) is 28.5 Å². The number of nitrogens with zero attached hydrogens (tertiary/aromatic N) is 5. The zero-order valence-corrected chi connectivity index (χ0v) is 26.2. The van der Waals surface area contributed by atoms with E-state index >= 15 is 13.2 Å². The number of aromatic nitrogens is 3. The Morgan fingerprint density at radius 2 is 1.89 bits per heavy atom. The van der Waals surface area contributed by atoms with Crippen molar-refractivity contribution in [2.45, 2.75) is 62.8 Å². The van der Waals surface area contributed by atoms with Crippen molar-refractivity contribution in [3.8, 4) is 11.1 Å². The molecule has 8 nitrogen and oxygen atoms in total. The lowest BCUT2D eigenvalue weighted by Gasteiger charge is -2.45. The third kappa shape index (κ3) is 4.70. The summed E-state index contributed by atoms with van der Waals surface area (Å²) in [6.07, 6.45) is -0.892. The Balaban J connectivity index is 1.54. The van der Waals surface area contributed by atoms with E-state index in [4.69, 9.17) is 5.73 Å². The van der Waals surface area contributed by atoms with Gasteiger partial charge in [0.1, 0.15) is 11.6 Å². The third-order valence-electron chi connectivity index (χ3n) is 9.36. The first-order chi connectivity index (χ1) is 21.3. The van der Waals surface area contributed by atoms with Crippen LogP contribution in [0.15, 0.2) is 40.5 Å². The summed E-state index contributed by atoms with van der Waals surface area (Å²) in [5.41, 5.74) is 4.62. The molecule has 0 unspecified atom stereocenters. The van der Waals surface area contributed by atoms with Gasteiger partial charge in [-0.2, -0.15) is 18.2 Å². The molecule has 1 saturated carbocycles. The quantitative estimate of drug-likeness (QED) is 0.204. The van der Waals surface area contributed by atoms with Crippen molar-refractivity contribution in [3.05, 3.63) is 52.7 Å². The monoisotopic (exact) mass is 658 g/mol. The van der Waals surface area contributed by atoms with Gasteiger partial charge in [0.15, 0.2) is 5.13 Å². The molecule has 0 radical (unpaired) electrons. The van der Waals surface area contributed by atoms with Gasteiger partial charge in [0.25, 0.3) is 0 Å². The van der Waals surface area contributed by atoms with E-state index in [0.717, 1.165) is 42.7 Å². The van der Waals surface area contributed by atoms with Crippen molar-refractivity contribution in [2.24, 2.45) is 5.41 Å². The second kappa shape index (κ2) is 10.4. The van der Waals surface area contributed by atoms with Crippen molar-refractivity contribution >= 4 is 61.1 Å². The third-order valence-corrected chi connectivity index (χ3v) is 11.7. The van der Waals surface area contributed by atoms with Crippen LogP contribution < -0.4 is 16.3 Å². The molecule has 236 valence electrons. The summed E-state index contributed by atoms with van der Waals surface area (Å²) >= 11 is 2.19. The van der Waals surface area contributed by atoms with Gasteiger partial charge >= 0.3 is 11.9 Å². The summed E-state index contributed by atoms with van der Waals surface area (Å²) in [5, 5.41) is 0.252. The van der Waals surface area contributed by atoms with Crippen LogP contribution in [0.5, 0.6) is 0 Å². The molecule has 2 aromatic carbocycles. The summed E-state index contributed by atoms with van der Waals surface area (Å²) in [6.45, 7) is 8.17. The molecule has 3 aliphatic rings. The van der Waals surface area contributed by atoms with Crippen LogP contribution in [0.2, 0.25) is 0 Å². The normalized spacial score (nSPS) is 21.3. The Morgan fingerprint density at radius 3 is 2.51 bits per heavy atom. The predicted octanol–water partition coefficient (Wildman–Crippen LogP) is 6.30. The second-order valence-electron chi connectivity index (χ2n) is 12.3. The highest BCUT2D eigenvalue weighted by molar-refractivity contribution is 7.99. The molecule has 4 aromatic rings. The van der Waals surface area contributed by atoms with Crippen LogP contribution in [0.4, 0.5) is 28.5 Å². The van der Waals surface area contributed by atoms with Crippen molar-refractivity contribution in [1.82, 2.24) is 19.4 Å². The molecule has 2 atom stereocenters. The van der Waals surface area contributed by atoms with Crippen LogP contribution in [-0.2, 0) is 17.5 Å². The number of halogens is 4. The zero-order valence-electron chi connectivity index (χ0n) is 24.6. The van der Waals surface area contributed by atoms with Crippen LogP contribution >= 0.6 is 23.1 Å². The molecule has 1 spiro atoms. The van der Waals surface area contributed by atoms with Crippen molar-refractivity contribution in [1.29, 1.82) is 0 Å². The first-order valence-corrected chi connectivity index (χ1v) is 16.5. The largest absolute Gasteiger partial charge is 0.417 e. The zero-order chi connectivity index (χ0) is 32.0. The molecule has 7 rings (SSSR count). The Labute approximate surface area is 263 Å². The number of hydrogen-bond donors (Lipinski definition) is 1. The number of amides is 1. The number of thioether (sulfide) groups is 1. The fourth-order valence-electron chi connectivity index (χ4n) is 7.23. The molecule has 1 amide bonds. The Kier molecular flexibility index (Phi) is 6.97. The van der Waals surface area contributed by atoms with E-state index in [-0.39, 0.29) is 74.2 Å². The number of fused-ring (bicyclic) bond motifs is 1. The van der Waals surface area contributed by atoms with Gasteiger partial charge in [0, 0.05) is 58.9 Å². The number of carbonyl (C=O) groups excluding carboxylic acids is 1. The number of benzene rings is 2. The lowest BCUT2D eigenvalue weighted by molar-refractivity contribution is -0.137. The van der Waals surface area contributed by atoms with E-state index < -0.39 is 23.2 Å². The maximum absolute atomic E-state index is 15.2. The second-order valence-corrected chi connectivity index (χ2v) is 14.4. The SMILES string of the molecule is C=CC(=O)N1[C@H](C)CN(c2nc(=O)n3c4c(c(-c5ccc(F)c6sc(N)nc56)c(C(F)(F)F)cc24)SCC2(CCC2)C3)C[C@@H]1C. The average molecular weight is 659 g/mol. The summed E-state index contributed by atoms with van der Waals surface area (Å²) < 4.78 is 62.0. The van der Waals surface area contributed by atoms with Crippen LogP contribution in [0.1, 0.15) is 38.7 Å². The highest BCUT2D eigenvalue weighted by atomic mass is 32.2. The molecule has 0 bridgehead atoms.